The molecule has 0 saturated heterocycles. The smallest absolute Gasteiger partial charge is 0.419 e. The van der Waals surface area contributed by atoms with E-state index in [1.807, 2.05) is 0 Å². The minimum atomic E-state index is -4.57. The Bertz CT molecular complexity index is 624. The number of aliphatic hydroxyl groups is 1. The van der Waals surface area contributed by atoms with E-state index in [1.165, 1.54) is 31.4 Å². The molecular weight excluding hydrogens is 285 g/mol. The molecule has 3 nitrogen and oxygen atoms in total. The summed E-state index contributed by atoms with van der Waals surface area (Å²) in [5.74, 6) is 0.387. The van der Waals surface area contributed by atoms with Crippen LogP contribution < -0.4 is 9.47 Å². The van der Waals surface area contributed by atoms with E-state index in [1.54, 1.807) is 12.1 Å². The zero-order valence-electron chi connectivity index (χ0n) is 11.1. The van der Waals surface area contributed by atoms with Gasteiger partial charge in [-0.25, -0.2) is 0 Å². The summed E-state index contributed by atoms with van der Waals surface area (Å²) < 4.78 is 49.4. The molecule has 21 heavy (non-hydrogen) atoms. The molecule has 0 spiro atoms. The van der Waals surface area contributed by atoms with Crippen LogP contribution in [0.3, 0.4) is 0 Å². The van der Waals surface area contributed by atoms with Crippen molar-refractivity contribution in [3.05, 3.63) is 53.6 Å². The summed E-state index contributed by atoms with van der Waals surface area (Å²) in [5, 5.41) is 8.95. The lowest BCUT2D eigenvalue weighted by atomic mass is 10.1. The number of hydrogen-bond donors (Lipinski definition) is 1. The number of alkyl halides is 3. The molecule has 0 saturated carbocycles. The lowest BCUT2D eigenvalue weighted by Crippen LogP contribution is -2.08. The van der Waals surface area contributed by atoms with Gasteiger partial charge in [-0.05, 0) is 29.8 Å². The van der Waals surface area contributed by atoms with E-state index in [-0.39, 0.29) is 17.1 Å². The molecule has 6 heteroatoms. The molecule has 0 radical (unpaired) electrons. The number of halogens is 3. The van der Waals surface area contributed by atoms with Gasteiger partial charge in [-0.2, -0.15) is 13.2 Å². The van der Waals surface area contributed by atoms with E-state index < -0.39 is 18.3 Å². The summed E-state index contributed by atoms with van der Waals surface area (Å²) in [4.78, 5) is 0. The fraction of sp³-hybridized carbons (Fsp3) is 0.200. The third kappa shape index (κ3) is 3.66. The molecule has 2 aromatic carbocycles. The number of benzene rings is 2. The van der Waals surface area contributed by atoms with Crippen LogP contribution in [-0.2, 0) is 12.8 Å². The molecule has 0 fully saturated rings. The van der Waals surface area contributed by atoms with Gasteiger partial charge in [0.15, 0.2) is 0 Å². The van der Waals surface area contributed by atoms with Crippen LogP contribution in [0.1, 0.15) is 11.1 Å². The highest BCUT2D eigenvalue weighted by molar-refractivity contribution is 5.43. The fourth-order valence-corrected chi connectivity index (χ4v) is 1.78. The van der Waals surface area contributed by atoms with Crippen molar-refractivity contribution in [3.8, 4) is 17.2 Å². The van der Waals surface area contributed by atoms with Gasteiger partial charge in [-0.3, -0.25) is 0 Å². The van der Waals surface area contributed by atoms with Crippen molar-refractivity contribution >= 4 is 0 Å². The molecule has 0 bridgehead atoms. The van der Waals surface area contributed by atoms with Crippen molar-refractivity contribution in [2.75, 3.05) is 7.11 Å². The minimum Gasteiger partial charge on any atom is -0.497 e. The summed E-state index contributed by atoms with van der Waals surface area (Å²) in [7, 11) is 1.45. The first-order valence-electron chi connectivity index (χ1n) is 6.07. The Morgan fingerprint density at radius 3 is 2.38 bits per heavy atom. The molecular formula is C15H13F3O3. The first kappa shape index (κ1) is 15.2. The Labute approximate surface area is 119 Å². The van der Waals surface area contributed by atoms with Gasteiger partial charge in [-0.15, -0.1) is 0 Å². The maximum absolute atomic E-state index is 13.0. The van der Waals surface area contributed by atoms with E-state index in [9.17, 15) is 13.2 Å². The Morgan fingerprint density at radius 2 is 1.76 bits per heavy atom. The molecule has 0 amide bonds. The van der Waals surface area contributed by atoms with Crippen molar-refractivity contribution in [1.29, 1.82) is 0 Å². The van der Waals surface area contributed by atoms with Gasteiger partial charge in [0.05, 0.1) is 19.3 Å². The first-order chi connectivity index (χ1) is 9.94. The second-order valence-corrected chi connectivity index (χ2v) is 4.27. The summed E-state index contributed by atoms with van der Waals surface area (Å²) in [6, 6.07) is 9.73. The van der Waals surface area contributed by atoms with Gasteiger partial charge in [0.2, 0.25) is 0 Å². The minimum absolute atomic E-state index is 0.167. The maximum atomic E-state index is 13.0. The standard InChI is InChI=1S/C15H13F3O3/c1-20-11-3-2-4-12(8-11)21-14-6-5-10(9-19)7-13(14)15(16,17)18/h2-8,19H,9H2,1H3. The predicted octanol–water partition coefficient (Wildman–Crippen LogP) is 4.00. The summed E-state index contributed by atoms with van der Waals surface area (Å²) in [5.41, 5.74) is -0.766. The lowest BCUT2D eigenvalue weighted by molar-refractivity contribution is -0.138. The van der Waals surface area contributed by atoms with E-state index in [0.717, 1.165) is 6.07 Å². The summed E-state index contributed by atoms with van der Waals surface area (Å²) in [6.45, 7) is -0.470. The second kappa shape index (κ2) is 6.05. The third-order valence-corrected chi connectivity index (χ3v) is 2.80. The average Bonchev–Trinajstić information content (AvgIpc) is 2.46. The van der Waals surface area contributed by atoms with Crippen LogP contribution in [0, 0.1) is 0 Å². The van der Waals surface area contributed by atoms with Gasteiger partial charge >= 0.3 is 6.18 Å². The quantitative estimate of drug-likeness (QED) is 0.927. The van der Waals surface area contributed by atoms with Crippen LogP contribution in [0.25, 0.3) is 0 Å². The van der Waals surface area contributed by atoms with Crippen LogP contribution in [0.15, 0.2) is 42.5 Å². The van der Waals surface area contributed by atoms with Gasteiger partial charge in [0, 0.05) is 6.07 Å². The first-order valence-corrected chi connectivity index (χ1v) is 6.07. The number of ether oxygens (including phenoxy) is 2. The Hall–Kier alpha value is -2.21. The Kier molecular flexibility index (Phi) is 4.37. The Morgan fingerprint density at radius 1 is 1.05 bits per heavy atom. The van der Waals surface area contributed by atoms with Crippen LogP contribution in [-0.4, -0.2) is 12.2 Å². The van der Waals surface area contributed by atoms with Crippen LogP contribution >= 0.6 is 0 Å². The van der Waals surface area contributed by atoms with E-state index in [0.29, 0.717) is 5.75 Å². The molecule has 0 aliphatic carbocycles. The zero-order chi connectivity index (χ0) is 15.5. The topological polar surface area (TPSA) is 38.7 Å². The molecule has 1 N–H and O–H groups in total. The summed E-state index contributed by atoms with van der Waals surface area (Å²) >= 11 is 0. The van der Waals surface area contributed by atoms with Gasteiger partial charge < -0.3 is 14.6 Å². The molecule has 112 valence electrons. The highest BCUT2D eigenvalue weighted by atomic mass is 19.4. The van der Waals surface area contributed by atoms with Gasteiger partial charge in [0.25, 0.3) is 0 Å². The third-order valence-electron chi connectivity index (χ3n) is 2.80. The number of aliphatic hydroxyl groups excluding tert-OH is 1. The van der Waals surface area contributed by atoms with Gasteiger partial charge in [0.1, 0.15) is 17.2 Å². The van der Waals surface area contributed by atoms with Crippen molar-refractivity contribution in [2.24, 2.45) is 0 Å². The number of rotatable bonds is 4. The largest absolute Gasteiger partial charge is 0.497 e. The van der Waals surface area contributed by atoms with Crippen LogP contribution in [0.4, 0.5) is 13.2 Å². The van der Waals surface area contributed by atoms with Crippen molar-refractivity contribution in [3.63, 3.8) is 0 Å². The molecule has 2 rings (SSSR count). The summed E-state index contributed by atoms with van der Waals surface area (Å²) in [6.07, 6.45) is -4.57. The zero-order valence-corrected chi connectivity index (χ0v) is 11.1. The van der Waals surface area contributed by atoms with E-state index >= 15 is 0 Å². The van der Waals surface area contributed by atoms with Crippen LogP contribution in [0.5, 0.6) is 17.2 Å². The maximum Gasteiger partial charge on any atom is 0.419 e. The molecule has 0 heterocycles. The molecule has 2 aromatic rings. The van der Waals surface area contributed by atoms with Crippen molar-refractivity contribution < 1.29 is 27.8 Å². The monoisotopic (exact) mass is 298 g/mol. The van der Waals surface area contributed by atoms with Crippen molar-refractivity contribution in [2.45, 2.75) is 12.8 Å². The van der Waals surface area contributed by atoms with Crippen LogP contribution in [0.2, 0.25) is 0 Å². The molecule has 0 aliphatic rings. The van der Waals surface area contributed by atoms with Gasteiger partial charge in [-0.1, -0.05) is 12.1 Å². The predicted molar refractivity (Wildman–Crippen MR) is 70.4 cm³/mol. The highest BCUT2D eigenvalue weighted by Gasteiger charge is 2.34. The van der Waals surface area contributed by atoms with E-state index in [2.05, 4.69) is 0 Å². The van der Waals surface area contributed by atoms with Crippen molar-refractivity contribution in [1.82, 2.24) is 0 Å². The SMILES string of the molecule is COc1cccc(Oc2ccc(CO)cc2C(F)(F)F)c1. The molecule has 0 atom stereocenters. The fourth-order valence-electron chi connectivity index (χ4n) is 1.78. The normalized spacial score (nSPS) is 11.3. The molecule has 0 unspecified atom stereocenters. The number of hydrogen-bond acceptors (Lipinski definition) is 3. The lowest BCUT2D eigenvalue weighted by Gasteiger charge is -2.15. The molecule has 0 aliphatic heterocycles. The highest BCUT2D eigenvalue weighted by Crippen LogP contribution is 2.39. The molecule has 0 aromatic heterocycles. The second-order valence-electron chi connectivity index (χ2n) is 4.27. The van der Waals surface area contributed by atoms with E-state index in [4.69, 9.17) is 14.6 Å². The average molecular weight is 298 g/mol. The number of methoxy groups -OCH3 is 1. The Balaban J connectivity index is 2.39.